The quantitative estimate of drug-likeness (QED) is 0.699. The lowest BCUT2D eigenvalue weighted by molar-refractivity contribution is 0.303. The van der Waals surface area contributed by atoms with E-state index >= 15 is 0 Å². The van der Waals surface area contributed by atoms with Gasteiger partial charge in [0.15, 0.2) is 0 Å². The summed E-state index contributed by atoms with van der Waals surface area (Å²) in [5.41, 5.74) is 1.93. The van der Waals surface area contributed by atoms with Crippen LogP contribution in [0.3, 0.4) is 0 Å². The van der Waals surface area contributed by atoms with Crippen LogP contribution in [0, 0.1) is 6.92 Å². The molecule has 2 aromatic rings. The van der Waals surface area contributed by atoms with Crippen LogP contribution < -0.4 is 4.74 Å². The summed E-state index contributed by atoms with van der Waals surface area (Å²) in [7, 11) is 0. The van der Waals surface area contributed by atoms with E-state index in [9.17, 15) is 0 Å². The molecule has 1 aromatic carbocycles. The van der Waals surface area contributed by atoms with E-state index in [0.29, 0.717) is 13.2 Å². The minimum Gasteiger partial charge on any atom is -0.494 e. The summed E-state index contributed by atoms with van der Waals surface area (Å²) in [6.45, 7) is 4.07. The second kappa shape index (κ2) is 7.81. The molecular formula is C18H22N2O3. The highest BCUT2D eigenvalue weighted by atomic mass is 16.5. The minimum atomic E-state index is 0.672. The largest absolute Gasteiger partial charge is 0.494 e. The molecular weight excluding hydrogens is 292 g/mol. The number of benzene rings is 1. The lowest BCUT2D eigenvalue weighted by Gasteiger charge is -2.08. The minimum absolute atomic E-state index is 0.672. The Labute approximate surface area is 136 Å². The second-order valence-electron chi connectivity index (χ2n) is 5.66. The van der Waals surface area contributed by atoms with Gasteiger partial charge in [-0.25, -0.2) is 4.99 Å². The number of nitrogens with zero attached hydrogens (tertiary/aromatic N) is 2. The third kappa shape index (κ3) is 4.58. The number of rotatable bonds is 8. The van der Waals surface area contributed by atoms with Crippen LogP contribution in [0.5, 0.6) is 5.75 Å². The molecule has 122 valence electrons. The van der Waals surface area contributed by atoms with Gasteiger partial charge in [-0.2, -0.15) is 0 Å². The molecule has 5 nitrogen and oxygen atoms in total. The van der Waals surface area contributed by atoms with Crippen molar-refractivity contribution in [3.05, 3.63) is 47.3 Å². The summed E-state index contributed by atoms with van der Waals surface area (Å²) < 4.78 is 16.5. The summed E-state index contributed by atoms with van der Waals surface area (Å²) in [6.07, 6.45) is 4.15. The van der Waals surface area contributed by atoms with Gasteiger partial charge in [-0.3, -0.25) is 0 Å². The van der Waals surface area contributed by atoms with Crippen LogP contribution in [-0.4, -0.2) is 30.8 Å². The van der Waals surface area contributed by atoms with Crippen LogP contribution in [0.25, 0.3) is 0 Å². The van der Waals surface area contributed by atoms with Crippen molar-refractivity contribution < 1.29 is 14.0 Å². The van der Waals surface area contributed by atoms with Crippen molar-refractivity contribution in [2.75, 3.05) is 19.8 Å². The van der Waals surface area contributed by atoms with Crippen molar-refractivity contribution >= 4 is 5.90 Å². The molecule has 0 radical (unpaired) electrons. The number of aromatic nitrogens is 1. The first kappa shape index (κ1) is 15.6. The Balaban J connectivity index is 1.36. The highest BCUT2D eigenvalue weighted by Gasteiger charge is 2.10. The molecule has 0 saturated heterocycles. The molecule has 0 N–H and O–H groups in total. The third-order valence-corrected chi connectivity index (χ3v) is 3.68. The standard InChI is InChI=1S/C18H22N2O3/c1-14-12-17(23-20-14)7-3-2-4-10-21-16-8-5-6-15(13-16)18-19-9-11-22-18/h5-6,8,12-13H,2-4,7,9-11H2,1H3. The molecule has 3 rings (SSSR count). The first-order chi connectivity index (χ1) is 11.3. The van der Waals surface area contributed by atoms with Crippen molar-refractivity contribution in [2.24, 2.45) is 4.99 Å². The molecule has 0 atom stereocenters. The molecule has 0 saturated carbocycles. The normalized spacial score (nSPS) is 13.7. The molecule has 0 bridgehead atoms. The zero-order chi connectivity index (χ0) is 15.9. The number of ether oxygens (including phenoxy) is 2. The fraction of sp³-hybridized carbons (Fsp3) is 0.444. The molecule has 1 aliphatic heterocycles. The van der Waals surface area contributed by atoms with E-state index in [1.807, 2.05) is 37.3 Å². The molecule has 0 unspecified atom stereocenters. The average molecular weight is 314 g/mol. The van der Waals surface area contributed by atoms with Gasteiger partial charge in [-0.05, 0) is 44.4 Å². The van der Waals surface area contributed by atoms with E-state index in [4.69, 9.17) is 14.0 Å². The van der Waals surface area contributed by atoms with Crippen molar-refractivity contribution in [3.63, 3.8) is 0 Å². The van der Waals surface area contributed by atoms with Crippen LogP contribution in [0.1, 0.15) is 36.3 Å². The van der Waals surface area contributed by atoms with Gasteiger partial charge in [-0.15, -0.1) is 0 Å². The van der Waals surface area contributed by atoms with Gasteiger partial charge in [0, 0.05) is 18.1 Å². The molecule has 0 spiro atoms. The fourth-order valence-electron chi connectivity index (χ4n) is 2.53. The Kier molecular flexibility index (Phi) is 5.29. The van der Waals surface area contributed by atoms with Gasteiger partial charge in [0.25, 0.3) is 0 Å². The topological polar surface area (TPSA) is 56.9 Å². The Hall–Kier alpha value is -2.30. The van der Waals surface area contributed by atoms with Crippen LogP contribution in [0.15, 0.2) is 39.8 Å². The van der Waals surface area contributed by atoms with Gasteiger partial charge >= 0.3 is 0 Å². The molecule has 5 heteroatoms. The number of hydrogen-bond acceptors (Lipinski definition) is 5. The summed E-state index contributed by atoms with van der Waals surface area (Å²) in [6, 6.07) is 9.92. The molecule has 1 aromatic heterocycles. The highest BCUT2D eigenvalue weighted by Crippen LogP contribution is 2.17. The number of aryl methyl sites for hydroxylation is 2. The summed E-state index contributed by atoms with van der Waals surface area (Å²) in [4.78, 5) is 4.32. The van der Waals surface area contributed by atoms with Crippen LogP contribution >= 0.6 is 0 Å². The van der Waals surface area contributed by atoms with Crippen LogP contribution in [-0.2, 0) is 11.2 Å². The maximum Gasteiger partial charge on any atom is 0.216 e. The Morgan fingerprint density at radius 1 is 1.17 bits per heavy atom. The van der Waals surface area contributed by atoms with Gasteiger partial charge in [-0.1, -0.05) is 11.2 Å². The second-order valence-corrected chi connectivity index (χ2v) is 5.66. The van der Waals surface area contributed by atoms with Crippen molar-refractivity contribution in [3.8, 4) is 5.75 Å². The molecule has 0 amide bonds. The molecule has 1 aliphatic rings. The third-order valence-electron chi connectivity index (χ3n) is 3.68. The van der Waals surface area contributed by atoms with Crippen molar-refractivity contribution in [1.82, 2.24) is 5.16 Å². The van der Waals surface area contributed by atoms with E-state index in [-0.39, 0.29) is 0 Å². The average Bonchev–Trinajstić information content (AvgIpc) is 3.23. The molecule has 0 fully saturated rings. The Morgan fingerprint density at radius 3 is 2.91 bits per heavy atom. The van der Waals surface area contributed by atoms with Gasteiger partial charge < -0.3 is 14.0 Å². The zero-order valence-electron chi connectivity index (χ0n) is 13.5. The van der Waals surface area contributed by atoms with Crippen molar-refractivity contribution in [2.45, 2.75) is 32.6 Å². The lowest BCUT2D eigenvalue weighted by Crippen LogP contribution is -2.02. The predicted molar refractivity (Wildman–Crippen MR) is 88.1 cm³/mol. The van der Waals surface area contributed by atoms with E-state index in [0.717, 1.165) is 60.9 Å². The maximum atomic E-state index is 5.82. The van der Waals surface area contributed by atoms with Crippen LogP contribution in [0.4, 0.5) is 0 Å². The summed E-state index contributed by atoms with van der Waals surface area (Å²) in [5.74, 6) is 2.55. The first-order valence-electron chi connectivity index (χ1n) is 8.14. The predicted octanol–water partition coefficient (Wildman–Crippen LogP) is 3.55. The Bertz CT molecular complexity index is 664. The smallest absolute Gasteiger partial charge is 0.216 e. The SMILES string of the molecule is Cc1cc(CCCCCOc2cccc(C3=NCCO3)c2)on1. The lowest BCUT2D eigenvalue weighted by atomic mass is 10.1. The summed E-state index contributed by atoms with van der Waals surface area (Å²) in [5, 5.41) is 3.89. The van der Waals surface area contributed by atoms with E-state index in [2.05, 4.69) is 10.1 Å². The number of unbranched alkanes of at least 4 members (excludes halogenated alkanes) is 2. The van der Waals surface area contributed by atoms with E-state index in [1.54, 1.807) is 0 Å². The monoisotopic (exact) mass is 314 g/mol. The summed E-state index contributed by atoms with van der Waals surface area (Å²) >= 11 is 0. The van der Waals surface area contributed by atoms with Crippen molar-refractivity contribution in [1.29, 1.82) is 0 Å². The van der Waals surface area contributed by atoms with Gasteiger partial charge in [0.05, 0.1) is 18.8 Å². The van der Waals surface area contributed by atoms with E-state index < -0.39 is 0 Å². The molecule has 0 aliphatic carbocycles. The highest BCUT2D eigenvalue weighted by molar-refractivity contribution is 5.95. The molecule has 23 heavy (non-hydrogen) atoms. The number of aliphatic imine (C=N–C) groups is 1. The molecule has 2 heterocycles. The number of hydrogen-bond donors (Lipinski definition) is 0. The van der Waals surface area contributed by atoms with Crippen LogP contribution in [0.2, 0.25) is 0 Å². The maximum absolute atomic E-state index is 5.82. The van der Waals surface area contributed by atoms with Gasteiger partial charge in [0.2, 0.25) is 5.90 Å². The zero-order valence-corrected chi connectivity index (χ0v) is 13.5. The van der Waals surface area contributed by atoms with E-state index in [1.165, 1.54) is 0 Å². The van der Waals surface area contributed by atoms with Gasteiger partial charge in [0.1, 0.15) is 18.1 Å². The Morgan fingerprint density at radius 2 is 2.13 bits per heavy atom. The first-order valence-corrected chi connectivity index (χ1v) is 8.14. The fourth-order valence-corrected chi connectivity index (χ4v) is 2.53.